The minimum Gasteiger partial charge on any atom is -0.279 e. The summed E-state index contributed by atoms with van der Waals surface area (Å²) in [6.45, 7) is 2.23. The molecule has 2 heterocycles. The molecule has 1 amide bonds. The first-order chi connectivity index (χ1) is 15.0. The van der Waals surface area contributed by atoms with E-state index in [1.807, 2.05) is 24.3 Å². The second-order valence-electron chi connectivity index (χ2n) is 6.82. The fourth-order valence-electron chi connectivity index (χ4n) is 3.18. The zero-order valence-electron chi connectivity index (χ0n) is 16.5. The zero-order valence-corrected chi connectivity index (χ0v) is 18.1. The van der Waals surface area contributed by atoms with Gasteiger partial charge in [0.05, 0.1) is 21.7 Å². The van der Waals surface area contributed by atoms with Gasteiger partial charge in [-0.25, -0.2) is 4.98 Å². The van der Waals surface area contributed by atoms with Crippen LogP contribution in [0.15, 0.2) is 60.9 Å². The van der Waals surface area contributed by atoms with Gasteiger partial charge in [0.2, 0.25) is 0 Å². The first-order valence-electron chi connectivity index (χ1n) is 9.50. The Kier molecular flexibility index (Phi) is 5.92. The maximum atomic E-state index is 13.5. The van der Waals surface area contributed by atoms with Gasteiger partial charge in [-0.15, -0.1) is 0 Å². The van der Waals surface area contributed by atoms with E-state index in [1.165, 1.54) is 40.0 Å². The Morgan fingerprint density at radius 1 is 1.19 bits per heavy atom. The Morgan fingerprint density at radius 3 is 2.74 bits per heavy atom. The molecule has 0 atom stereocenters. The highest BCUT2D eigenvalue weighted by molar-refractivity contribution is 7.22. The first kappa shape index (κ1) is 20.9. The van der Waals surface area contributed by atoms with E-state index in [0.717, 1.165) is 22.2 Å². The lowest BCUT2D eigenvalue weighted by Crippen LogP contribution is -2.31. The highest BCUT2D eigenvalue weighted by Crippen LogP contribution is 2.33. The van der Waals surface area contributed by atoms with Gasteiger partial charge < -0.3 is 0 Å². The average molecular weight is 453 g/mol. The van der Waals surface area contributed by atoms with Crippen LogP contribution < -0.4 is 4.90 Å². The van der Waals surface area contributed by atoms with Crippen LogP contribution in [0.5, 0.6) is 0 Å². The number of nitrogens with zero attached hydrogens (tertiary/aromatic N) is 4. The predicted molar refractivity (Wildman–Crippen MR) is 122 cm³/mol. The van der Waals surface area contributed by atoms with Crippen molar-refractivity contribution >= 4 is 49.9 Å². The molecule has 0 N–H and O–H groups in total. The summed E-state index contributed by atoms with van der Waals surface area (Å²) in [4.78, 5) is 34.7. The van der Waals surface area contributed by atoms with Gasteiger partial charge >= 0.3 is 0 Å². The predicted octanol–water partition coefficient (Wildman–Crippen LogP) is 5.66. The van der Waals surface area contributed by atoms with Gasteiger partial charge in [0, 0.05) is 23.5 Å². The largest absolute Gasteiger partial charge is 0.282 e. The Balaban J connectivity index is 1.83. The number of carbonyl (C=O) groups excluding carboxylic acids is 1. The van der Waals surface area contributed by atoms with Crippen LogP contribution in [0.2, 0.25) is 5.02 Å². The number of halogens is 1. The maximum absolute atomic E-state index is 13.5. The highest BCUT2D eigenvalue weighted by atomic mass is 35.5. The van der Waals surface area contributed by atoms with Crippen LogP contribution in [0.25, 0.3) is 10.2 Å². The number of aromatic nitrogens is 2. The number of carbonyl (C=O) groups is 1. The van der Waals surface area contributed by atoms with Crippen LogP contribution in [-0.2, 0) is 13.0 Å². The number of rotatable bonds is 6. The van der Waals surface area contributed by atoms with Crippen LogP contribution >= 0.6 is 22.9 Å². The molecule has 2 aromatic heterocycles. The van der Waals surface area contributed by atoms with Crippen LogP contribution in [-0.4, -0.2) is 20.8 Å². The number of hydrogen-bond donors (Lipinski definition) is 0. The molecular weight excluding hydrogens is 436 g/mol. The number of aryl methyl sites for hydroxylation is 1. The van der Waals surface area contributed by atoms with E-state index in [4.69, 9.17) is 11.6 Å². The summed E-state index contributed by atoms with van der Waals surface area (Å²) in [5, 5.41) is 12.2. The third kappa shape index (κ3) is 4.40. The molecule has 0 aliphatic rings. The Labute approximate surface area is 187 Å². The van der Waals surface area contributed by atoms with Gasteiger partial charge in [-0.05, 0) is 47.9 Å². The first-order valence-corrected chi connectivity index (χ1v) is 10.7. The third-order valence-electron chi connectivity index (χ3n) is 4.78. The van der Waals surface area contributed by atoms with Gasteiger partial charge in [0.25, 0.3) is 11.6 Å². The lowest BCUT2D eigenvalue weighted by molar-refractivity contribution is -0.385. The summed E-state index contributed by atoms with van der Waals surface area (Å²) >= 11 is 7.42. The molecule has 2 aromatic carbocycles. The van der Waals surface area contributed by atoms with Crippen LogP contribution in [0.1, 0.15) is 28.4 Å². The molecule has 0 unspecified atom stereocenters. The number of benzene rings is 2. The number of thiazole rings is 1. The van der Waals surface area contributed by atoms with Crippen molar-refractivity contribution in [2.45, 2.75) is 19.9 Å². The van der Waals surface area contributed by atoms with Gasteiger partial charge in [0.15, 0.2) is 5.13 Å². The van der Waals surface area contributed by atoms with Crippen molar-refractivity contribution in [3.8, 4) is 0 Å². The summed E-state index contributed by atoms with van der Waals surface area (Å²) in [6.07, 6.45) is 4.17. The molecule has 0 fully saturated rings. The zero-order chi connectivity index (χ0) is 22.0. The topological polar surface area (TPSA) is 89.2 Å². The van der Waals surface area contributed by atoms with Crippen LogP contribution in [0.4, 0.5) is 10.8 Å². The number of nitro groups is 1. The molecule has 31 heavy (non-hydrogen) atoms. The van der Waals surface area contributed by atoms with Crippen molar-refractivity contribution in [3.63, 3.8) is 0 Å². The summed E-state index contributed by atoms with van der Waals surface area (Å²) in [5.41, 5.74) is 2.31. The van der Waals surface area contributed by atoms with Crippen molar-refractivity contribution in [2.75, 3.05) is 4.90 Å². The quantitative estimate of drug-likeness (QED) is 0.278. The number of hydrogen-bond acceptors (Lipinski definition) is 6. The normalized spacial score (nSPS) is 10.9. The molecule has 7 nitrogen and oxygen atoms in total. The SMILES string of the molecule is CCc1ccc2nc(N(Cc3cccnc3)C(=O)c3cc(Cl)ccc3[N+](=O)[O-])sc2c1. The lowest BCUT2D eigenvalue weighted by Gasteiger charge is -2.20. The summed E-state index contributed by atoms with van der Waals surface area (Å²) in [6, 6.07) is 13.5. The fourth-order valence-corrected chi connectivity index (χ4v) is 4.38. The average Bonchev–Trinajstić information content (AvgIpc) is 3.20. The van der Waals surface area contributed by atoms with E-state index in [0.29, 0.717) is 5.13 Å². The number of fused-ring (bicyclic) bond motifs is 1. The van der Waals surface area contributed by atoms with Gasteiger partial charge in [-0.2, -0.15) is 0 Å². The van der Waals surface area contributed by atoms with Crippen molar-refractivity contribution < 1.29 is 9.72 Å². The van der Waals surface area contributed by atoms with Crippen LogP contribution in [0, 0.1) is 10.1 Å². The van der Waals surface area contributed by atoms with E-state index >= 15 is 0 Å². The minimum absolute atomic E-state index is 0.0881. The third-order valence-corrected chi connectivity index (χ3v) is 6.05. The molecule has 4 aromatic rings. The Bertz CT molecular complexity index is 1280. The number of nitro benzene ring substituents is 1. The molecule has 0 saturated heterocycles. The molecule has 0 aliphatic heterocycles. The van der Waals surface area contributed by atoms with Gasteiger partial charge in [0.1, 0.15) is 5.56 Å². The molecule has 0 radical (unpaired) electrons. The molecule has 4 rings (SSSR count). The molecule has 0 saturated carbocycles. The number of amides is 1. The van der Waals surface area contributed by atoms with E-state index < -0.39 is 10.8 Å². The number of pyridine rings is 1. The van der Waals surface area contributed by atoms with E-state index in [1.54, 1.807) is 18.5 Å². The van der Waals surface area contributed by atoms with Crippen molar-refractivity contribution in [2.24, 2.45) is 0 Å². The summed E-state index contributed by atoms with van der Waals surface area (Å²) in [7, 11) is 0. The molecule has 0 spiro atoms. The Hall–Kier alpha value is -3.36. The highest BCUT2D eigenvalue weighted by Gasteiger charge is 2.28. The smallest absolute Gasteiger partial charge is 0.279 e. The van der Waals surface area contributed by atoms with Crippen molar-refractivity contribution in [1.82, 2.24) is 9.97 Å². The van der Waals surface area contributed by atoms with Crippen molar-refractivity contribution in [1.29, 1.82) is 0 Å². The molecule has 156 valence electrons. The van der Waals surface area contributed by atoms with Crippen LogP contribution in [0.3, 0.4) is 0 Å². The lowest BCUT2D eigenvalue weighted by atomic mass is 10.1. The second-order valence-corrected chi connectivity index (χ2v) is 8.27. The summed E-state index contributed by atoms with van der Waals surface area (Å²) in [5.74, 6) is -0.548. The van der Waals surface area contributed by atoms with Crippen molar-refractivity contribution in [3.05, 3.63) is 92.8 Å². The molecular formula is C22H17ClN4O3S. The molecule has 9 heteroatoms. The minimum atomic E-state index is -0.586. The van der Waals surface area contributed by atoms with Gasteiger partial charge in [-0.1, -0.05) is 42.0 Å². The van der Waals surface area contributed by atoms with E-state index in [9.17, 15) is 14.9 Å². The van der Waals surface area contributed by atoms with E-state index in [2.05, 4.69) is 16.9 Å². The standard InChI is InChI=1S/C22H17ClN4O3S/c1-2-14-5-7-18-20(10-14)31-22(25-18)26(13-15-4-3-9-24-12-15)21(28)17-11-16(23)6-8-19(17)27(29)30/h3-12H,2,13H2,1H3. The van der Waals surface area contributed by atoms with E-state index in [-0.39, 0.29) is 22.8 Å². The summed E-state index contributed by atoms with van der Waals surface area (Å²) < 4.78 is 0.943. The fraction of sp³-hybridized carbons (Fsp3) is 0.136. The van der Waals surface area contributed by atoms with Gasteiger partial charge in [-0.3, -0.25) is 24.8 Å². The monoisotopic (exact) mass is 452 g/mol. The number of anilines is 1. The Morgan fingerprint density at radius 2 is 2.03 bits per heavy atom. The molecule has 0 bridgehead atoms. The maximum Gasteiger partial charge on any atom is 0.282 e. The molecule has 0 aliphatic carbocycles. The second kappa shape index (κ2) is 8.79.